The van der Waals surface area contributed by atoms with Crippen LogP contribution in [-0.4, -0.2) is 5.97 Å². The van der Waals surface area contributed by atoms with Crippen LogP contribution in [0.5, 0.6) is 5.75 Å². The molecule has 0 N–H and O–H groups in total. The lowest BCUT2D eigenvalue weighted by Crippen LogP contribution is -2.25. The molecule has 4 heteroatoms. The molecule has 0 radical (unpaired) electrons. The maximum Gasteiger partial charge on any atom is 0.314 e. The van der Waals surface area contributed by atoms with Crippen LogP contribution in [0.25, 0.3) is 11.1 Å². The molecule has 0 aromatic heterocycles. The van der Waals surface area contributed by atoms with Gasteiger partial charge in [0.25, 0.3) is 0 Å². The highest BCUT2D eigenvalue weighted by Gasteiger charge is 2.26. The van der Waals surface area contributed by atoms with Gasteiger partial charge in [0.15, 0.2) is 0 Å². The van der Waals surface area contributed by atoms with Gasteiger partial charge in [0.2, 0.25) is 0 Å². The average molecular weight is 372 g/mol. The van der Waals surface area contributed by atoms with E-state index in [-0.39, 0.29) is 17.2 Å². The van der Waals surface area contributed by atoms with Gasteiger partial charge in [-0.1, -0.05) is 19.1 Å². The molecule has 1 aliphatic rings. The van der Waals surface area contributed by atoms with Crippen LogP contribution in [-0.2, 0) is 4.79 Å². The third kappa shape index (κ3) is 4.20. The molecule has 2 nitrogen and oxygen atoms in total. The van der Waals surface area contributed by atoms with Crippen LogP contribution in [0, 0.1) is 44.2 Å². The fourth-order valence-corrected chi connectivity index (χ4v) is 3.76. The summed E-state index contributed by atoms with van der Waals surface area (Å²) in [5.41, 5.74) is 3.46. The van der Waals surface area contributed by atoms with Crippen molar-refractivity contribution < 1.29 is 18.3 Å². The zero-order chi connectivity index (χ0) is 19.7. The highest BCUT2D eigenvalue weighted by atomic mass is 19.1. The normalized spacial score (nSPS) is 19.8. The molecule has 1 aliphatic carbocycles. The highest BCUT2D eigenvalue weighted by molar-refractivity contribution is 5.76. The summed E-state index contributed by atoms with van der Waals surface area (Å²) in [7, 11) is 0. The molecule has 0 spiro atoms. The van der Waals surface area contributed by atoms with Crippen molar-refractivity contribution in [1.29, 1.82) is 0 Å². The first kappa shape index (κ1) is 19.5. The maximum absolute atomic E-state index is 14.7. The molecule has 2 aromatic carbocycles. The Balaban J connectivity index is 1.84. The molecular weight excluding hydrogens is 346 g/mol. The number of carbonyl (C=O) groups is 1. The Kier molecular flexibility index (Phi) is 5.64. The molecule has 0 saturated heterocycles. The lowest BCUT2D eigenvalue weighted by molar-refractivity contribution is -0.140. The lowest BCUT2D eigenvalue weighted by Gasteiger charge is -2.24. The quantitative estimate of drug-likeness (QED) is 0.467. The van der Waals surface area contributed by atoms with Gasteiger partial charge < -0.3 is 4.74 Å². The smallest absolute Gasteiger partial charge is 0.314 e. The second kappa shape index (κ2) is 7.79. The van der Waals surface area contributed by atoms with E-state index in [9.17, 15) is 13.6 Å². The molecule has 2 aromatic rings. The van der Waals surface area contributed by atoms with Gasteiger partial charge >= 0.3 is 5.97 Å². The molecule has 1 saturated carbocycles. The van der Waals surface area contributed by atoms with E-state index in [2.05, 4.69) is 6.92 Å². The molecule has 0 aliphatic heterocycles. The van der Waals surface area contributed by atoms with Gasteiger partial charge in [-0.25, -0.2) is 8.78 Å². The van der Waals surface area contributed by atoms with E-state index in [1.54, 1.807) is 12.1 Å². The Morgan fingerprint density at radius 2 is 1.44 bits per heavy atom. The van der Waals surface area contributed by atoms with E-state index < -0.39 is 17.6 Å². The SMILES string of the molecule is Cc1cc(-c2c(F)cc(OC(=O)C3CCC(C)CC3)cc2F)cc(C)c1C. The zero-order valence-corrected chi connectivity index (χ0v) is 16.4. The van der Waals surface area contributed by atoms with E-state index in [4.69, 9.17) is 4.74 Å². The Morgan fingerprint density at radius 3 is 1.96 bits per heavy atom. The van der Waals surface area contributed by atoms with Crippen molar-refractivity contribution in [3.05, 3.63) is 52.6 Å². The van der Waals surface area contributed by atoms with Crippen LogP contribution in [0.4, 0.5) is 8.78 Å². The third-order valence-corrected chi connectivity index (χ3v) is 5.80. The molecule has 144 valence electrons. The molecule has 3 rings (SSSR count). The standard InChI is InChI=1S/C23H26F2O2/c1-13-5-7-17(8-6-13)23(26)27-19-11-20(24)22(21(25)12-19)18-9-14(2)16(4)15(3)10-18/h9-13,17H,5-8H2,1-4H3. The molecule has 0 amide bonds. The van der Waals surface area contributed by atoms with Crippen molar-refractivity contribution in [1.82, 2.24) is 0 Å². The summed E-state index contributed by atoms with van der Waals surface area (Å²) >= 11 is 0. The van der Waals surface area contributed by atoms with Crippen molar-refractivity contribution in [2.75, 3.05) is 0 Å². The van der Waals surface area contributed by atoms with Crippen LogP contribution in [0.3, 0.4) is 0 Å². The van der Waals surface area contributed by atoms with Crippen molar-refractivity contribution in [2.24, 2.45) is 11.8 Å². The minimum Gasteiger partial charge on any atom is -0.426 e. The number of hydrogen-bond donors (Lipinski definition) is 0. The Morgan fingerprint density at radius 1 is 0.926 bits per heavy atom. The summed E-state index contributed by atoms with van der Waals surface area (Å²) < 4.78 is 34.6. The Bertz CT molecular complexity index is 819. The van der Waals surface area contributed by atoms with Crippen molar-refractivity contribution >= 4 is 5.97 Å². The minimum atomic E-state index is -0.724. The zero-order valence-electron chi connectivity index (χ0n) is 16.4. The fraction of sp³-hybridized carbons (Fsp3) is 0.435. The van der Waals surface area contributed by atoms with Gasteiger partial charge in [0.1, 0.15) is 17.4 Å². The van der Waals surface area contributed by atoms with Crippen molar-refractivity contribution in [2.45, 2.75) is 53.4 Å². The molecule has 0 atom stereocenters. The van der Waals surface area contributed by atoms with E-state index >= 15 is 0 Å². The number of benzene rings is 2. The Labute approximate surface area is 159 Å². The predicted molar refractivity (Wildman–Crippen MR) is 103 cm³/mol. The monoisotopic (exact) mass is 372 g/mol. The number of halogens is 2. The minimum absolute atomic E-state index is 0.0714. The van der Waals surface area contributed by atoms with E-state index in [0.717, 1.165) is 54.5 Å². The number of esters is 1. The summed E-state index contributed by atoms with van der Waals surface area (Å²) in [4.78, 5) is 12.3. The fourth-order valence-electron chi connectivity index (χ4n) is 3.76. The second-order valence-corrected chi connectivity index (χ2v) is 7.87. The predicted octanol–water partition coefficient (Wildman–Crippen LogP) is 6.29. The van der Waals surface area contributed by atoms with Gasteiger partial charge in [-0.15, -0.1) is 0 Å². The van der Waals surface area contributed by atoms with Gasteiger partial charge in [0.05, 0.1) is 11.5 Å². The van der Waals surface area contributed by atoms with Crippen LogP contribution >= 0.6 is 0 Å². The molecule has 0 heterocycles. The van der Waals surface area contributed by atoms with Crippen LogP contribution in [0.15, 0.2) is 24.3 Å². The topological polar surface area (TPSA) is 26.3 Å². The number of rotatable bonds is 3. The summed E-state index contributed by atoms with van der Waals surface area (Å²) in [5, 5.41) is 0. The molecule has 0 bridgehead atoms. The number of carbonyl (C=O) groups excluding carboxylic acids is 1. The number of aryl methyl sites for hydroxylation is 2. The lowest BCUT2D eigenvalue weighted by atomic mass is 9.83. The van der Waals surface area contributed by atoms with E-state index in [1.807, 2.05) is 20.8 Å². The summed E-state index contributed by atoms with van der Waals surface area (Å²) in [5.74, 6) is -1.48. The van der Waals surface area contributed by atoms with Gasteiger partial charge in [-0.3, -0.25) is 4.79 Å². The van der Waals surface area contributed by atoms with Crippen LogP contribution < -0.4 is 4.74 Å². The average Bonchev–Trinajstić information content (AvgIpc) is 2.59. The van der Waals surface area contributed by atoms with Crippen molar-refractivity contribution in [3.63, 3.8) is 0 Å². The summed E-state index contributed by atoms with van der Waals surface area (Å²) in [6, 6.07) is 5.76. The maximum atomic E-state index is 14.7. The number of hydrogen-bond acceptors (Lipinski definition) is 2. The van der Waals surface area contributed by atoms with E-state index in [0.29, 0.717) is 11.5 Å². The first-order valence-electron chi connectivity index (χ1n) is 9.55. The molecule has 1 fully saturated rings. The Hall–Kier alpha value is -2.23. The second-order valence-electron chi connectivity index (χ2n) is 7.87. The first-order chi connectivity index (χ1) is 12.8. The first-order valence-corrected chi connectivity index (χ1v) is 9.55. The highest BCUT2D eigenvalue weighted by Crippen LogP contribution is 2.33. The van der Waals surface area contributed by atoms with Gasteiger partial charge in [0, 0.05) is 12.1 Å². The molecule has 27 heavy (non-hydrogen) atoms. The van der Waals surface area contributed by atoms with Crippen LogP contribution in [0.2, 0.25) is 0 Å². The largest absolute Gasteiger partial charge is 0.426 e. The third-order valence-electron chi connectivity index (χ3n) is 5.80. The summed E-state index contributed by atoms with van der Waals surface area (Å²) in [6.07, 6.45) is 3.50. The van der Waals surface area contributed by atoms with E-state index in [1.165, 1.54) is 0 Å². The van der Waals surface area contributed by atoms with Gasteiger partial charge in [-0.05, 0) is 74.6 Å². The van der Waals surface area contributed by atoms with Crippen molar-refractivity contribution in [3.8, 4) is 16.9 Å². The molecule has 0 unspecified atom stereocenters. The molecular formula is C23H26F2O2. The van der Waals surface area contributed by atoms with Crippen LogP contribution in [0.1, 0.15) is 49.3 Å². The summed E-state index contributed by atoms with van der Waals surface area (Å²) in [6.45, 7) is 7.99. The van der Waals surface area contributed by atoms with Gasteiger partial charge in [-0.2, -0.15) is 0 Å². The number of ether oxygens (including phenoxy) is 1.